The standard InChI is InChI=1S/C19H15O2P/c1-14-8-7-12-17-16-11-5-6-13-18(16)22(21-19(14)17)20-15-9-3-2-4-10-15/h2-13H,1H3. The molecule has 0 spiro atoms. The first kappa shape index (κ1) is 13.4. The molecule has 1 atom stereocenters. The predicted octanol–water partition coefficient (Wildman–Crippen LogP) is 5.07. The fourth-order valence-corrected chi connectivity index (χ4v) is 4.18. The first-order chi connectivity index (χ1) is 10.8. The van der Waals surface area contributed by atoms with Gasteiger partial charge in [-0.05, 0) is 36.2 Å². The van der Waals surface area contributed by atoms with Gasteiger partial charge < -0.3 is 9.05 Å². The summed E-state index contributed by atoms with van der Waals surface area (Å²) in [5.74, 6) is 1.77. The van der Waals surface area contributed by atoms with Crippen molar-refractivity contribution in [2.45, 2.75) is 6.92 Å². The maximum absolute atomic E-state index is 6.24. The summed E-state index contributed by atoms with van der Waals surface area (Å²) < 4.78 is 12.4. The van der Waals surface area contributed by atoms with E-state index in [-0.39, 0.29) is 0 Å². The summed E-state index contributed by atoms with van der Waals surface area (Å²) in [6.07, 6.45) is 0. The molecule has 0 radical (unpaired) electrons. The highest BCUT2D eigenvalue weighted by Crippen LogP contribution is 2.50. The van der Waals surface area contributed by atoms with E-state index in [0.29, 0.717) is 0 Å². The molecule has 0 bridgehead atoms. The van der Waals surface area contributed by atoms with Gasteiger partial charge in [0.15, 0.2) is 0 Å². The number of hydrogen-bond donors (Lipinski definition) is 0. The third-order valence-corrected chi connectivity index (χ3v) is 5.22. The monoisotopic (exact) mass is 306 g/mol. The minimum absolute atomic E-state index is 0.834. The van der Waals surface area contributed by atoms with Gasteiger partial charge >= 0.3 is 8.38 Å². The third kappa shape index (κ3) is 2.26. The van der Waals surface area contributed by atoms with Gasteiger partial charge in [-0.1, -0.05) is 54.6 Å². The van der Waals surface area contributed by atoms with Crippen LogP contribution < -0.4 is 14.4 Å². The fraction of sp³-hybridized carbons (Fsp3) is 0.0526. The van der Waals surface area contributed by atoms with Gasteiger partial charge in [0.25, 0.3) is 0 Å². The first-order valence-electron chi connectivity index (χ1n) is 7.23. The van der Waals surface area contributed by atoms with Crippen molar-refractivity contribution in [3.05, 3.63) is 78.4 Å². The van der Waals surface area contributed by atoms with E-state index in [1.807, 2.05) is 36.4 Å². The average Bonchev–Trinajstić information content (AvgIpc) is 2.57. The largest absolute Gasteiger partial charge is 0.435 e. The molecule has 1 unspecified atom stereocenters. The van der Waals surface area contributed by atoms with Gasteiger partial charge in [-0.25, -0.2) is 0 Å². The number of fused-ring (bicyclic) bond motifs is 3. The minimum atomic E-state index is -1.17. The molecule has 0 aliphatic carbocycles. The Morgan fingerprint density at radius 2 is 1.50 bits per heavy atom. The topological polar surface area (TPSA) is 18.5 Å². The quantitative estimate of drug-likeness (QED) is 0.615. The molecule has 1 aliphatic rings. The molecule has 3 aromatic rings. The molecule has 1 heterocycles. The second-order valence-electron chi connectivity index (χ2n) is 5.22. The number of para-hydroxylation sites is 2. The second kappa shape index (κ2) is 5.47. The summed E-state index contributed by atoms with van der Waals surface area (Å²) in [4.78, 5) is 0. The minimum Gasteiger partial charge on any atom is -0.435 e. The zero-order chi connectivity index (χ0) is 14.9. The van der Waals surface area contributed by atoms with Crippen molar-refractivity contribution in [1.29, 1.82) is 0 Å². The number of benzene rings is 3. The molecule has 0 fully saturated rings. The lowest BCUT2D eigenvalue weighted by molar-refractivity contribution is 0.498. The van der Waals surface area contributed by atoms with E-state index < -0.39 is 8.38 Å². The van der Waals surface area contributed by atoms with Crippen molar-refractivity contribution in [1.82, 2.24) is 0 Å². The Balaban J connectivity index is 1.81. The van der Waals surface area contributed by atoms with E-state index >= 15 is 0 Å². The summed E-state index contributed by atoms with van der Waals surface area (Å²) in [7, 11) is -1.17. The predicted molar refractivity (Wildman–Crippen MR) is 90.9 cm³/mol. The molecule has 0 saturated heterocycles. The molecule has 22 heavy (non-hydrogen) atoms. The fourth-order valence-electron chi connectivity index (χ4n) is 2.62. The van der Waals surface area contributed by atoms with Gasteiger partial charge in [0.2, 0.25) is 0 Å². The van der Waals surface area contributed by atoms with Crippen LogP contribution >= 0.6 is 8.38 Å². The van der Waals surface area contributed by atoms with Gasteiger partial charge in [0.05, 0.1) is 5.30 Å². The van der Waals surface area contributed by atoms with E-state index in [0.717, 1.165) is 27.9 Å². The molecule has 0 aromatic heterocycles. The highest BCUT2D eigenvalue weighted by Gasteiger charge is 2.29. The summed E-state index contributed by atoms with van der Waals surface area (Å²) in [5.41, 5.74) is 3.48. The van der Waals surface area contributed by atoms with Crippen LogP contribution in [0.2, 0.25) is 0 Å². The highest BCUT2D eigenvalue weighted by molar-refractivity contribution is 7.57. The summed E-state index contributed by atoms with van der Waals surface area (Å²) in [6.45, 7) is 2.07. The van der Waals surface area contributed by atoms with Crippen LogP contribution in [-0.2, 0) is 0 Å². The Morgan fingerprint density at radius 1 is 0.773 bits per heavy atom. The van der Waals surface area contributed by atoms with Crippen molar-refractivity contribution < 1.29 is 9.05 Å². The van der Waals surface area contributed by atoms with Crippen molar-refractivity contribution in [3.63, 3.8) is 0 Å². The molecule has 0 N–H and O–H groups in total. The lowest BCUT2D eigenvalue weighted by atomic mass is 10.0. The molecule has 1 aliphatic heterocycles. The van der Waals surface area contributed by atoms with Crippen LogP contribution in [-0.4, -0.2) is 0 Å². The zero-order valence-corrected chi connectivity index (χ0v) is 13.1. The summed E-state index contributed by atoms with van der Waals surface area (Å²) in [5, 5.41) is 1.12. The van der Waals surface area contributed by atoms with Gasteiger partial charge in [0, 0.05) is 5.56 Å². The van der Waals surface area contributed by atoms with Crippen LogP contribution in [0.25, 0.3) is 11.1 Å². The van der Waals surface area contributed by atoms with Crippen molar-refractivity contribution in [2.75, 3.05) is 0 Å². The Morgan fingerprint density at radius 3 is 2.36 bits per heavy atom. The van der Waals surface area contributed by atoms with Crippen LogP contribution in [0.15, 0.2) is 72.8 Å². The Kier molecular flexibility index (Phi) is 3.32. The molecule has 4 rings (SSSR count). The van der Waals surface area contributed by atoms with Gasteiger partial charge in [-0.2, -0.15) is 0 Å². The van der Waals surface area contributed by atoms with Crippen LogP contribution in [0, 0.1) is 6.92 Å². The van der Waals surface area contributed by atoms with Crippen LogP contribution in [0.4, 0.5) is 0 Å². The lowest BCUT2D eigenvalue weighted by Gasteiger charge is -2.28. The van der Waals surface area contributed by atoms with Gasteiger partial charge in [0.1, 0.15) is 11.5 Å². The lowest BCUT2D eigenvalue weighted by Crippen LogP contribution is -2.17. The summed E-state index contributed by atoms with van der Waals surface area (Å²) >= 11 is 0. The first-order valence-corrected chi connectivity index (χ1v) is 8.41. The van der Waals surface area contributed by atoms with Crippen molar-refractivity contribution >= 4 is 13.7 Å². The zero-order valence-electron chi connectivity index (χ0n) is 12.2. The smallest absolute Gasteiger partial charge is 0.326 e. The van der Waals surface area contributed by atoms with Crippen LogP contribution in [0.1, 0.15) is 5.56 Å². The van der Waals surface area contributed by atoms with Crippen molar-refractivity contribution in [2.24, 2.45) is 0 Å². The molecule has 0 amide bonds. The maximum atomic E-state index is 6.24. The second-order valence-corrected chi connectivity index (χ2v) is 6.58. The van der Waals surface area contributed by atoms with E-state index in [2.05, 4.69) is 43.3 Å². The molecule has 3 aromatic carbocycles. The van der Waals surface area contributed by atoms with E-state index in [9.17, 15) is 0 Å². The van der Waals surface area contributed by atoms with Gasteiger partial charge in [-0.3, -0.25) is 0 Å². The van der Waals surface area contributed by atoms with E-state index in [4.69, 9.17) is 9.05 Å². The molecule has 3 heteroatoms. The highest BCUT2D eigenvalue weighted by atomic mass is 31.2. The van der Waals surface area contributed by atoms with E-state index in [1.165, 1.54) is 5.56 Å². The number of rotatable bonds is 2. The van der Waals surface area contributed by atoms with Gasteiger partial charge in [-0.15, -0.1) is 0 Å². The Hall–Kier alpha value is -2.31. The van der Waals surface area contributed by atoms with Crippen LogP contribution in [0.3, 0.4) is 0 Å². The average molecular weight is 306 g/mol. The number of aryl methyl sites for hydroxylation is 1. The maximum Gasteiger partial charge on any atom is 0.326 e. The number of hydrogen-bond acceptors (Lipinski definition) is 2. The summed E-state index contributed by atoms with van der Waals surface area (Å²) in [6, 6.07) is 24.4. The Bertz CT molecular complexity index is 815. The molecular weight excluding hydrogens is 291 g/mol. The molecule has 108 valence electrons. The molecular formula is C19H15O2P. The van der Waals surface area contributed by atoms with E-state index in [1.54, 1.807) is 0 Å². The van der Waals surface area contributed by atoms with Crippen molar-refractivity contribution in [3.8, 4) is 22.6 Å². The third-order valence-electron chi connectivity index (χ3n) is 3.71. The SMILES string of the molecule is Cc1cccc2c1OP(Oc1ccccc1)c1ccccc1-2. The molecule has 2 nitrogen and oxygen atoms in total. The normalized spacial score (nSPS) is 15.4. The molecule has 0 saturated carbocycles. The Labute approximate surface area is 131 Å². The van der Waals surface area contributed by atoms with Crippen LogP contribution in [0.5, 0.6) is 11.5 Å².